The Morgan fingerprint density at radius 1 is 1.02 bits per heavy atom. The number of piperidine rings is 1. The van der Waals surface area contributed by atoms with E-state index in [0.717, 1.165) is 32.2 Å². The molecule has 3 N–H and O–H groups in total. The number of likely N-dealkylation sites (tertiary alicyclic amines) is 1. The van der Waals surface area contributed by atoms with Crippen LogP contribution in [0, 0.1) is 41.7 Å². The van der Waals surface area contributed by atoms with Crippen LogP contribution in [-0.4, -0.2) is 111 Å². The zero-order valence-corrected chi connectivity index (χ0v) is 33.2. The summed E-state index contributed by atoms with van der Waals surface area (Å²) in [6.45, 7) is 7.00. The first-order chi connectivity index (χ1) is 28.5. The first kappa shape index (κ1) is 41.4. The minimum Gasteiger partial charge on any atom is -0.508 e. The van der Waals surface area contributed by atoms with E-state index >= 15 is 8.78 Å². The standard InChI is InChI=1S/C43H46F3N7O3.CH2O2/c1-5-28-21-52(22-29(6-2)53(28)42(55)47-27-10-11-27)40-36-34(8-4)48-38(32-20-30(54)19-25-9-12-33(45)31(7-3)35(25)32)37(46)39(36)49-41(50-40)56-24-43(15-16-43)23-51-17-13-26(44)14-18-51;2-1-3/h3-4,9,12,19-20,26-29,54H,5-6,10-11,13-18,21-24H2,1-2H3,(H,47,55);1H,(H,2,3). The third kappa shape index (κ3) is 8.53. The minimum atomic E-state index is -0.872. The molecule has 2 saturated heterocycles. The number of carbonyl (C=O) groups is 2. The van der Waals surface area contributed by atoms with Gasteiger partial charge in [-0.3, -0.25) is 4.79 Å². The number of phenols is 1. The molecule has 4 aromatic rings. The molecule has 0 spiro atoms. The summed E-state index contributed by atoms with van der Waals surface area (Å²) in [5.41, 5.74) is -0.601. The number of fused-ring (bicyclic) bond motifs is 2. The number of hydrogen-bond acceptors (Lipinski definition) is 9. The van der Waals surface area contributed by atoms with Crippen molar-refractivity contribution in [3.05, 3.63) is 47.2 Å². The molecular formula is C44H48F3N7O5. The van der Waals surface area contributed by atoms with E-state index in [2.05, 4.69) is 32.0 Å². The number of carboxylic acid groups (broad SMARTS) is 1. The SMILES string of the molecule is C#Cc1c(F)ccc2cc(O)cc(-c3nc(C#C)c4c(N5CC(CC)N(C(=O)NC6CC6)C(CC)C5)nc(OCC5(CN6CCC(F)CC6)CC5)nc4c3F)c12.O=CO. The number of carbonyl (C=O) groups excluding carboxylic acids is 1. The molecule has 2 aliphatic carbocycles. The van der Waals surface area contributed by atoms with E-state index in [1.165, 1.54) is 24.3 Å². The number of terminal acetylenes is 2. The number of urea groups is 1. The highest BCUT2D eigenvalue weighted by Gasteiger charge is 2.46. The smallest absolute Gasteiger partial charge is 0.319 e. The topological polar surface area (TPSA) is 144 Å². The number of piperazine rings is 1. The number of hydrogen-bond donors (Lipinski definition) is 3. The van der Waals surface area contributed by atoms with E-state index in [1.54, 1.807) is 0 Å². The van der Waals surface area contributed by atoms with Gasteiger partial charge in [-0.2, -0.15) is 9.97 Å². The molecule has 2 aromatic heterocycles. The first-order valence-corrected chi connectivity index (χ1v) is 20.2. The summed E-state index contributed by atoms with van der Waals surface area (Å²) in [6, 6.07) is 5.03. The molecule has 4 fully saturated rings. The second kappa shape index (κ2) is 17.2. The Kier molecular flexibility index (Phi) is 12.1. The molecule has 0 bridgehead atoms. The maximum atomic E-state index is 17.4. The van der Waals surface area contributed by atoms with E-state index in [0.29, 0.717) is 63.1 Å². The van der Waals surface area contributed by atoms with Gasteiger partial charge in [0.15, 0.2) is 5.82 Å². The molecule has 59 heavy (non-hydrogen) atoms. The lowest BCUT2D eigenvalue weighted by atomic mass is 9.95. The molecule has 4 aliphatic rings. The van der Waals surface area contributed by atoms with Gasteiger partial charge in [0.05, 0.1) is 29.6 Å². The summed E-state index contributed by atoms with van der Waals surface area (Å²) < 4.78 is 52.8. The van der Waals surface area contributed by atoms with Gasteiger partial charge in [0.25, 0.3) is 6.47 Å². The van der Waals surface area contributed by atoms with Crippen molar-refractivity contribution >= 4 is 40.0 Å². The number of nitrogens with zero attached hydrogens (tertiary/aromatic N) is 6. The van der Waals surface area contributed by atoms with E-state index in [-0.39, 0.29) is 93.2 Å². The highest BCUT2D eigenvalue weighted by atomic mass is 19.1. The minimum absolute atomic E-state index is 0.0398. The summed E-state index contributed by atoms with van der Waals surface area (Å²) in [6.07, 6.45) is 17.3. The van der Waals surface area contributed by atoms with E-state index in [4.69, 9.17) is 32.5 Å². The molecule has 15 heteroatoms. The highest BCUT2D eigenvalue weighted by molar-refractivity contribution is 6.04. The van der Waals surface area contributed by atoms with Crippen molar-refractivity contribution in [2.75, 3.05) is 44.2 Å². The highest BCUT2D eigenvalue weighted by Crippen LogP contribution is 2.47. The molecule has 0 radical (unpaired) electrons. The average Bonchev–Trinajstić information content (AvgIpc) is 4.19. The van der Waals surface area contributed by atoms with Gasteiger partial charge in [-0.15, -0.1) is 12.8 Å². The van der Waals surface area contributed by atoms with Crippen LogP contribution in [0.2, 0.25) is 0 Å². The van der Waals surface area contributed by atoms with E-state index in [1.807, 2.05) is 23.6 Å². The van der Waals surface area contributed by atoms with Crippen molar-refractivity contribution in [1.82, 2.24) is 30.1 Å². The number of aromatic hydroxyl groups is 1. The Balaban J connectivity index is 0.00000171. The van der Waals surface area contributed by atoms with Gasteiger partial charge in [0.2, 0.25) is 0 Å². The quantitative estimate of drug-likeness (QED) is 0.118. The van der Waals surface area contributed by atoms with Crippen LogP contribution in [0.15, 0.2) is 24.3 Å². The zero-order valence-electron chi connectivity index (χ0n) is 33.2. The molecule has 310 valence electrons. The predicted molar refractivity (Wildman–Crippen MR) is 218 cm³/mol. The van der Waals surface area contributed by atoms with Gasteiger partial charge in [-0.25, -0.2) is 22.9 Å². The van der Waals surface area contributed by atoms with Crippen LogP contribution < -0.4 is 15.0 Å². The largest absolute Gasteiger partial charge is 0.508 e. The van der Waals surface area contributed by atoms with Gasteiger partial charge >= 0.3 is 12.0 Å². The fourth-order valence-electron chi connectivity index (χ4n) is 8.43. The molecule has 2 aliphatic heterocycles. The molecule has 2 saturated carbocycles. The van der Waals surface area contributed by atoms with E-state index < -0.39 is 17.8 Å². The number of alkyl halides is 1. The number of phenolic OH excluding ortho intramolecular Hbond substituents is 1. The van der Waals surface area contributed by atoms with E-state index in [9.17, 15) is 14.3 Å². The summed E-state index contributed by atoms with van der Waals surface area (Å²) in [4.78, 5) is 42.3. The Labute approximate surface area is 341 Å². The van der Waals surface area contributed by atoms with Crippen molar-refractivity contribution in [2.24, 2.45) is 5.41 Å². The summed E-state index contributed by atoms with van der Waals surface area (Å²) in [5, 5.41) is 21.6. The fraction of sp³-hybridized carbons (Fsp3) is 0.477. The van der Waals surface area contributed by atoms with Gasteiger partial charge in [0, 0.05) is 55.1 Å². The van der Waals surface area contributed by atoms with Gasteiger partial charge in [0.1, 0.15) is 40.5 Å². The molecule has 2 unspecified atom stereocenters. The number of rotatable bonds is 10. The number of aromatic nitrogens is 3. The third-order valence-electron chi connectivity index (χ3n) is 11.9. The predicted octanol–water partition coefficient (Wildman–Crippen LogP) is 6.64. The normalized spacial score (nSPS) is 20.3. The zero-order chi connectivity index (χ0) is 42.0. The lowest BCUT2D eigenvalue weighted by molar-refractivity contribution is -0.122. The maximum absolute atomic E-state index is 17.4. The number of anilines is 1. The summed E-state index contributed by atoms with van der Waals surface area (Å²) in [5.74, 6) is 3.57. The number of halogens is 3. The van der Waals surface area contributed by atoms with Crippen molar-refractivity contribution in [2.45, 2.75) is 89.5 Å². The second-order valence-corrected chi connectivity index (χ2v) is 16.0. The van der Waals surface area contributed by atoms with Gasteiger partial charge in [-0.05, 0) is 80.9 Å². The average molecular weight is 812 g/mol. The second-order valence-electron chi connectivity index (χ2n) is 16.0. The van der Waals surface area contributed by atoms with Crippen molar-refractivity contribution < 1.29 is 37.7 Å². The fourth-order valence-corrected chi connectivity index (χ4v) is 8.43. The van der Waals surface area contributed by atoms with Crippen molar-refractivity contribution in [3.8, 4) is 47.7 Å². The first-order valence-electron chi connectivity index (χ1n) is 20.2. The Bertz CT molecular complexity index is 2320. The maximum Gasteiger partial charge on any atom is 0.319 e. The monoisotopic (exact) mass is 811 g/mol. The molecule has 12 nitrogen and oxygen atoms in total. The molecular weight excluding hydrogens is 764 g/mol. The van der Waals surface area contributed by atoms with Gasteiger partial charge in [-0.1, -0.05) is 25.8 Å². The number of nitrogens with one attached hydrogen (secondary N) is 1. The number of benzene rings is 2. The van der Waals surface area contributed by atoms with Crippen LogP contribution in [0.4, 0.5) is 23.8 Å². The van der Waals surface area contributed by atoms with Crippen LogP contribution in [0.3, 0.4) is 0 Å². The summed E-state index contributed by atoms with van der Waals surface area (Å²) >= 11 is 0. The molecule has 2 atom stereocenters. The molecule has 4 heterocycles. The van der Waals surface area contributed by atoms with Crippen molar-refractivity contribution in [1.29, 1.82) is 0 Å². The van der Waals surface area contributed by atoms with Crippen molar-refractivity contribution in [3.63, 3.8) is 0 Å². The number of ether oxygens (including phenoxy) is 1. The van der Waals surface area contributed by atoms with Crippen LogP contribution >= 0.6 is 0 Å². The lowest BCUT2D eigenvalue weighted by Gasteiger charge is -2.47. The van der Waals surface area contributed by atoms with Crippen LogP contribution in [-0.2, 0) is 4.79 Å². The number of pyridine rings is 1. The Hall–Kier alpha value is -5.80. The summed E-state index contributed by atoms with van der Waals surface area (Å²) in [7, 11) is 0. The lowest BCUT2D eigenvalue weighted by Crippen LogP contribution is -2.62. The van der Waals surface area contributed by atoms with Gasteiger partial charge < -0.3 is 35.0 Å². The molecule has 2 amide bonds. The Morgan fingerprint density at radius 2 is 1.69 bits per heavy atom. The van der Waals surface area contributed by atoms with Crippen LogP contribution in [0.25, 0.3) is 32.9 Å². The Morgan fingerprint density at radius 3 is 2.29 bits per heavy atom. The van der Waals surface area contributed by atoms with Crippen LogP contribution in [0.5, 0.6) is 11.8 Å². The van der Waals surface area contributed by atoms with Crippen LogP contribution in [0.1, 0.15) is 76.5 Å². The number of amides is 2. The molecule has 2 aromatic carbocycles. The third-order valence-corrected chi connectivity index (χ3v) is 11.9. The molecule has 8 rings (SSSR count).